The van der Waals surface area contributed by atoms with Crippen LogP contribution in [0, 0.1) is 0 Å². The van der Waals surface area contributed by atoms with E-state index < -0.39 is 17.0 Å². The second-order valence-corrected chi connectivity index (χ2v) is 3.67. The highest BCUT2D eigenvalue weighted by atomic mass is 35.5. The molecular formula is C8H11ClO5. The molecule has 6 heteroatoms. The average molecular weight is 223 g/mol. The van der Waals surface area contributed by atoms with E-state index in [1.807, 2.05) is 0 Å². The van der Waals surface area contributed by atoms with E-state index >= 15 is 0 Å². The first-order valence-electron chi connectivity index (χ1n) is 4.09. The van der Waals surface area contributed by atoms with Gasteiger partial charge < -0.3 is 14.2 Å². The van der Waals surface area contributed by atoms with Crippen LogP contribution in [0.4, 0.5) is 0 Å². The summed E-state index contributed by atoms with van der Waals surface area (Å²) >= 11 is 4.88. The summed E-state index contributed by atoms with van der Waals surface area (Å²) in [4.78, 5) is 21.0. The number of carbonyl (C=O) groups is 2. The summed E-state index contributed by atoms with van der Waals surface area (Å²) in [5.41, 5.74) is 0. The van der Waals surface area contributed by atoms with Gasteiger partial charge in [-0.2, -0.15) is 0 Å². The molecule has 0 bridgehead atoms. The van der Waals surface area contributed by atoms with Crippen LogP contribution in [0.5, 0.6) is 0 Å². The SMILES string of the molecule is CC1(C)OCC(COC(=O)C(=O)Cl)O1. The zero-order valence-corrected chi connectivity index (χ0v) is 8.67. The lowest BCUT2D eigenvalue weighted by atomic mass is 10.4. The largest absolute Gasteiger partial charge is 0.456 e. The van der Waals surface area contributed by atoms with Crippen LogP contribution in [0.3, 0.4) is 0 Å². The highest BCUT2D eigenvalue weighted by molar-refractivity contribution is 6.80. The molecule has 1 rings (SSSR count). The van der Waals surface area contributed by atoms with Crippen LogP contribution in [0.15, 0.2) is 0 Å². The second-order valence-electron chi connectivity index (χ2n) is 3.32. The van der Waals surface area contributed by atoms with Crippen LogP contribution >= 0.6 is 11.6 Å². The van der Waals surface area contributed by atoms with Crippen molar-refractivity contribution in [1.82, 2.24) is 0 Å². The molecular weight excluding hydrogens is 212 g/mol. The van der Waals surface area contributed by atoms with Gasteiger partial charge in [0.25, 0.3) is 0 Å². The summed E-state index contributed by atoms with van der Waals surface area (Å²) < 4.78 is 15.1. The van der Waals surface area contributed by atoms with Crippen LogP contribution in [-0.4, -0.2) is 36.3 Å². The third-order valence-corrected chi connectivity index (χ3v) is 1.78. The van der Waals surface area contributed by atoms with Crippen molar-refractivity contribution in [2.45, 2.75) is 25.7 Å². The van der Waals surface area contributed by atoms with Gasteiger partial charge in [0, 0.05) is 0 Å². The molecule has 1 aliphatic heterocycles. The molecule has 0 spiro atoms. The van der Waals surface area contributed by atoms with E-state index in [1.165, 1.54) is 0 Å². The van der Waals surface area contributed by atoms with Crippen LogP contribution in [-0.2, 0) is 23.8 Å². The average Bonchev–Trinajstić information content (AvgIpc) is 2.41. The molecule has 1 aliphatic rings. The number of hydrogen-bond donors (Lipinski definition) is 0. The minimum Gasteiger partial charge on any atom is -0.456 e. The fourth-order valence-electron chi connectivity index (χ4n) is 1.07. The Labute approximate surface area is 86.3 Å². The van der Waals surface area contributed by atoms with Gasteiger partial charge in [-0.25, -0.2) is 4.79 Å². The monoisotopic (exact) mass is 222 g/mol. The van der Waals surface area contributed by atoms with Gasteiger partial charge in [0.05, 0.1) is 6.61 Å². The lowest BCUT2D eigenvalue weighted by Gasteiger charge is -2.16. The number of esters is 1. The van der Waals surface area contributed by atoms with Crippen molar-refractivity contribution < 1.29 is 23.8 Å². The Hall–Kier alpha value is -0.650. The van der Waals surface area contributed by atoms with Crippen LogP contribution < -0.4 is 0 Å². The van der Waals surface area contributed by atoms with Crippen LogP contribution in [0.25, 0.3) is 0 Å². The smallest absolute Gasteiger partial charge is 0.391 e. The minimum absolute atomic E-state index is 0.0271. The summed E-state index contributed by atoms with van der Waals surface area (Å²) in [6.07, 6.45) is -0.343. The van der Waals surface area contributed by atoms with Crippen molar-refractivity contribution >= 4 is 22.8 Å². The molecule has 1 atom stereocenters. The summed E-state index contributed by atoms with van der Waals surface area (Å²) in [6, 6.07) is 0. The van der Waals surface area contributed by atoms with E-state index in [1.54, 1.807) is 13.8 Å². The van der Waals surface area contributed by atoms with Gasteiger partial charge >= 0.3 is 11.2 Å². The third-order valence-electron chi connectivity index (χ3n) is 1.63. The quantitative estimate of drug-likeness (QED) is 0.394. The summed E-state index contributed by atoms with van der Waals surface area (Å²) in [6.45, 7) is 3.81. The van der Waals surface area contributed by atoms with E-state index in [0.29, 0.717) is 6.61 Å². The standard InChI is InChI=1S/C8H11ClO5/c1-8(2)13-4-5(14-8)3-12-7(11)6(9)10/h5H,3-4H2,1-2H3. The number of carbonyl (C=O) groups excluding carboxylic acids is 2. The zero-order chi connectivity index (χ0) is 10.8. The number of halogens is 1. The molecule has 0 saturated carbocycles. The van der Waals surface area contributed by atoms with Gasteiger partial charge in [-0.15, -0.1) is 0 Å². The summed E-state index contributed by atoms with van der Waals surface area (Å²) in [7, 11) is 0. The predicted molar refractivity (Wildman–Crippen MR) is 46.7 cm³/mol. The van der Waals surface area contributed by atoms with Crippen molar-refractivity contribution in [3.05, 3.63) is 0 Å². The first kappa shape index (κ1) is 11.4. The van der Waals surface area contributed by atoms with Crippen molar-refractivity contribution in [2.24, 2.45) is 0 Å². The Kier molecular flexibility index (Phi) is 3.47. The van der Waals surface area contributed by atoms with Crippen molar-refractivity contribution in [2.75, 3.05) is 13.2 Å². The molecule has 0 aromatic carbocycles. The lowest BCUT2D eigenvalue weighted by Crippen LogP contribution is -2.26. The topological polar surface area (TPSA) is 61.8 Å². The maximum Gasteiger partial charge on any atom is 0.391 e. The third kappa shape index (κ3) is 3.25. The van der Waals surface area contributed by atoms with E-state index in [2.05, 4.69) is 4.74 Å². The number of ether oxygens (including phenoxy) is 3. The van der Waals surface area contributed by atoms with Gasteiger partial charge in [0.1, 0.15) is 12.7 Å². The highest BCUT2D eigenvalue weighted by Gasteiger charge is 2.33. The highest BCUT2D eigenvalue weighted by Crippen LogP contribution is 2.22. The summed E-state index contributed by atoms with van der Waals surface area (Å²) in [5.74, 6) is -1.73. The Morgan fingerprint density at radius 2 is 2.21 bits per heavy atom. The first-order chi connectivity index (χ1) is 6.41. The summed E-state index contributed by atoms with van der Waals surface area (Å²) in [5, 5.41) is -1.14. The number of hydrogen-bond acceptors (Lipinski definition) is 5. The van der Waals surface area contributed by atoms with Crippen LogP contribution in [0.2, 0.25) is 0 Å². The Bertz CT molecular complexity index is 250. The van der Waals surface area contributed by atoms with Crippen LogP contribution in [0.1, 0.15) is 13.8 Å². The van der Waals surface area contributed by atoms with Crippen molar-refractivity contribution in [3.63, 3.8) is 0 Å². The van der Waals surface area contributed by atoms with Gasteiger partial charge in [-0.1, -0.05) is 0 Å². The molecule has 0 aliphatic carbocycles. The van der Waals surface area contributed by atoms with Gasteiger partial charge in [0.15, 0.2) is 5.79 Å². The molecule has 1 fully saturated rings. The fraction of sp³-hybridized carbons (Fsp3) is 0.750. The minimum atomic E-state index is -1.14. The zero-order valence-electron chi connectivity index (χ0n) is 7.91. The maximum atomic E-state index is 10.7. The maximum absolute atomic E-state index is 10.7. The fourth-order valence-corrected chi connectivity index (χ4v) is 1.13. The number of rotatable bonds is 3. The molecule has 0 aromatic heterocycles. The second kappa shape index (κ2) is 4.25. The molecule has 0 N–H and O–H groups in total. The lowest BCUT2D eigenvalue weighted by molar-refractivity contribution is -0.160. The van der Waals surface area contributed by atoms with E-state index in [0.717, 1.165) is 0 Å². The molecule has 1 heterocycles. The van der Waals surface area contributed by atoms with Crippen molar-refractivity contribution in [3.8, 4) is 0 Å². The van der Waals surface area contributed by atoms with E-state index in [9.17, 15) is 9.59 Å². The molecule has 0 radical (unpaired) electrons. The van der Waals surface area contributed by atoms with Gasteiger partial charge in [-0.05, 0) is 25.4 Å². The molecule has 14 heavy (non-hydrogen) atoms. The molecule has 0 amide bonds. The Morgan fingerprint density at radius 3 is 2.64 bits per heavy atom. The molecule has 5 nitrogen and oxygen atoms in total. The Balaban J connectivity index is 2.27. The predicted octanol–water partition coefficient (Wildman–Crippen LogP) is 0.446. The molecule has 80 valence electrons. The van der Waals surface area contributed by atoms with Gasteiger partial charge in [-0.3, -0.25) is 4.79 Å². The molecule has 1 unspecified atom stereocenters. The Morgan fingerprint density at radius 1 is 1.57 bits per heavy atom. The van der Waals surface area contributed by atoms with E-state index in [4.69, 9.17) is 21.1 Å². The molecule has 1 saturated heterocycles. The van der Waals surface area contributed by atoms with Gasteiger partial charge in [0.2, 0.25) is 0 Å². The van der Waals surface area contributed by atoms with Crippen molar-refractivity contribution in [1.29, 1.82) is 0 Å². The normalized spacial score (nSPS) is 24.6. The first-order valence-corrected chi connectivity index (χ1v) is 4.47. The molecule has 0 aromatic rings. The van der Waals surface area contributed by atoms with E-state index in [-0.39, 0.29) is 12.7 Å².